The zero-order valence-electron chi connectivity index (χ0n) is 15.5. The molecule has 28 heavy (non-hydrogen) atoms. The van der Waals surface area contributed by atoms with Gasteiger partial charge >= 0.3 is 0 Å². The van der Waals surface area contributed by atoms with E-state index in [1.165, 1.54) is 25.1 Å². The first-order chi connectivity index (χ1) is 13.5. The molecule has 2 N–H and O–H groups in total. The molecular weight excluding hydrogens is 365 g/mol. The summed E-state index contributed by atoms with van der Waals surface area (Å²) in [5.74, 6) is -0.408. The van der Waals surface area contributed by atoms with Crippen LogP contribution in [0.3, 0.4) is 0 Å². The van der Waals surface area contributed by atoms with Crippen LogP contribution < -0.4 is 5.32 Å². The third kappa shape index (κ3) is 2.75. The van der Waals surface area contributed by atoms with Gasteiger partial charge in [0.25, 0.3) is 0 Å². The Kier molecular flexibility index (Phi) is 4.07. The highest BCUT2D eigenvalue weighted by Gasteiger charge is 2.41. The Labute approximate surface area is 160 Å². The van der Waals surface area contributed by atoms with Crippen LogP contribution in [0, 0.1) is 35.2 Å². The van der Waals surface area contributed by atoms with Crippen LogP contribution in [-0.2, 0) is 0 Å². The first kappa shape index (κ1) is 17.5. The molecule has 0 saturated heterocycles. The first-order valence-corrected chi connectivity index (χ1v) is 9.77. The van der Waals surface area contributed by atoms with Crippen molar-refractivity contribution < 1.29 is 13.2 Å². The van der Waals surface area contributed by atoms with Crippen molar-refractivity contribution in [1.29, 1.82) is 0 Å². The molecule has 146 valence electrons. The Balaban J connectivity index is 1.54. The van der Waals surface area contributed by atoms with Gasteiger partial charge in [-0.25, -0.2) is 23.1 Å². The second-order valence-electron chi connectivity index (χ2n) is 8.11. The Morgan fingerprint density at radius 3 is 2.54 bits per heavy atom. The van der Waals surface area contributed by atoms with Crippen LogP contribution >= 0.6 is 0 Å². The summed E-state index contributed by atoms with van der Waals surface area (Å²) in [5, 5.41) is 3.68. The molecule has 3 aromatic rings. The summed E-state index contributed by atoms with van der Waals surface area (Å²) in [6, 6.07) is 2.26. The molecule has 4 nitrogen and oxygen atoms in total. The van der Waals surface area contributed by atoms with Crippen molar-refractivity contribution in [3.8, 4) is 11.3 Å². The van der Waals surface area contributed by atoms with Gasteiger partial charge in [0.2, 0.25) is 0 Å². The van der Waals surface area contributed by atoms with E-state index in [9.17, 15) is 13.2 Å². The van der Waals surface area contributed by atoms with Crippen LogP contribution in [0.15, 0.2) is 24.5 Å². The molecule has 3 saturated carbocycles. The van der Waals surface area contributed by atoms with E-state index in [2.05, 4.69) is 27.2 Å². The van der Waals surface area contributed by atoms with Gasteiger partial charge in [0.15, 0.2) is 17.5 Å². The van der Waals surface area contributed by atoms with Gasteiger partial charge in [0, 0.05) is 29.3 Å². The Hall–Kier alpha value is -2.57. The molecule has 3 heterocycles. The van der Waals surface area contributed by atoms with E-state index in [0.29, 0.717) is 34.4 Å². The predicted octanol–water partition coefficient (Wildman–Crippen LogP) is 5.28. The van der Waals surface area contributed by atoms with Crippen LogP contribution in [0.4, 0.5) is 19.0 Å². The zero-order valence-corrected chi connectivity index (χ0v) is 15.5. The number of fused-ring (bicyclic) bond motifs is 4. The number of anilines is 1. The lowest BCUT2D eigenvalue weighted by Gasteiger charge is -2.47. The van der Waals surface area contributed by atoms with Crippen molar-refractivity contribution in [3.05, 3.63) is 42.0 Å². The second-order valence-corrected chi connectivity index (χ2v) is 8.11. The summed E-state index contributed by atoms with van der Waals surface area (Å²) in [6.07, 6.45) is 7.33. The molecule has 0 spiro atoms. The number of hydrogen-bond donors (Lipinski definition) is 2. The highest BCUT2D eigenvalue weighted by atomic mass is 19.1. The number of rotatable bonds is 3. The molecule has 0 amide bonds. The summed E-state index contributed by atoms with van der Waals surface area (Å²) in [4.78, 5) is 11.1. The number of hydrogen-bond acceptors (Lipinski definition) is 3. The summed E-state index contributed by atoms with van der Waals surface area (Å²) in [7, 11) is 0. The molecular formula is C21H21F3N4. The van der Waals surface area contributed by atoms with Gasteiger partial charge in [-0.15, -0.1) is 0 Å². The maximum Gasteiger partial charge on any atom is 0.168 e. The van der Waals surface area contributed by atoms with Crippen LogP contribution in [-0.4, -0.2) is 21.0 Å². The van der Waals surface area contributed by atoms with Gasteiger partial charge in [0.1, 0.15) is 17.2 Å². The van der Waals surface area contributed by atoms with Crippen molar-refractivity contribution in [2.24, 2.45) is 17.8 Å². The highest BCUT2D eigenvalue weighted by Crippen LogP contribution is 2.46. The fourth-order valence-corrected chi connectivity index (χ4v) is 5.09. The number of H-pyrrole nitrogens is 1. The summed E-state index contributed by atoms with van der Waals surface area (Å²) >= 11 is 0. The monoisotopic (exact) mass is 386 g/mol. The lowest BCUT2D eigenvalue weighted by molar-refractivity contribution is 0.0926. The van der Waals surface area contributed by atoms with Crippen molar-refractivity contribution in [1.82, 2.24) is 15.0 Å². The molecule has 0 radical (unpaired) electrons. The number of nitrogens with one attached hydrogen (secondary N) is 2. The average molecular weight is 386 g/mol. The Bertz CT molecular complexity index is 1040. The van der Waals surface area contributed by atoms with Crippen LogP contribution in [0.5, 0.6) is 0 Å². The molecule has 3 fully saturated rings. The molecule has 2 bridgehead atoms. The standard InChI is InChI=1S/C21H21F3N4/c1-10-11-2-4-12(5-3-11)18(10)27-21-17(24)7-16(23)19(28-21)15-9-26-20-14(15)6-13(22)8-25-20/h6-12,18H,2-5H2,1H3,(H,25,26)(H,27,28). The summed E-state index contributed by atoms with van der Waals surface area (Å²) in [6.45, 7) is 2.20. The van der Waals surface area contributed by atoms with E-state index in [0.717, 1.165) is 25.1 Å². The third-order valence-corrected chi connectivity index (χ3v) is 6.62. The van der Waals surface area contributed by atoms with Crippen LogP contribution in [0.1, 0.15) is 32.6 Å². The summed E-state index contributed by atoms with van der Waals surface area (Å²) in [5.41, 5.74) is 0.770. The highest BCUT2D eigenvalue weighted by molar-refractivity contribution is 5.92. The molecule has 0 aromatic carbocycles. The lowest BCUT2D eigenvalue weighted by atomic mass is 9.62. The fourth-order valence-electron chi connectivity index (χ4n) is 5.09. The molecule has 3 aliphatic rings. The Morgan fingerprint density at radius 1 is 1.04 bits per heavy atom. The largest absolute Gasteiger partial charge is 0.364 e. The molecule has 2 unspecified atom stereocenters. The van der Waals surface area contributed by atoms with Crippen LogP contribution in [0.25, 0.3) is 22.3 Å². The SMILES string of the molecule is CC1C2CCC(CC2)C1Nc1nc(-c2c[nH]c3ncc(F)cc23)c(F)cc1F. The van der Waals surface area contributed by atoms with E-state index in [1.54, 1.807) is 0 Å². The molecule has 0 aliphatic heterocycles. The maximum absolute atomic E-state index is 14.6. The average Bonchev–Trinajstić information content (AvgIpc) is 3.09. The van der Waals surface area contributed by atoms with Crippen LogP contribution in [0.2, 0.25) is 0 Å². The predicted molar refractivity (Wildman–Crippen MR) is 101 cm³/mol. The smallest absolute Gasteiger partial charge is 0.168 e. The molecule has 6 rings (SSSR count). The zero-order chi connectivity index (χ0) is 19.4. The molecule has 3 aromatic heterocycles. The topological polar surface area (TPSA) is 53.6 Å². The minimum absolute atomic E-state index is 0.0174. The van der Waals surface area contributed by atoms with Gasteiger partial charge in [-0.2, -0.15) is 0 Å². The number of aromatic nitrogens is 3. The number of pyridine rings is 2. The second kappa shape index (κ2) is 6.50. The van der Waals surface area contributed by atoms with Gasteiger partial charge in [-0.05, 0) is 49.5 Å². The number of nitrogens with zero attached hydrogens (tertiary/aromatic N) is 2. The van der Waals surface area contributed by atoms with E-state index >= 15 is 0 Å². The van der Waals surface area contributed by atoms with E-state index in [4.69, 9.17) is 0 Å². The van der Waals surface area contributed by atoms with Crippen molar-refractivity contribution in [3.63, 3.8) is 0 Å². The maximum atomic E-state index is 14.6. The van der Waals surface area contributed by atoms with E-state index in [-0.39, 0.29) is 17.6 Å². The van der Waals surface area contributed by atoms with E-state index < -0.39 is 17.5 Å². The van der Waals surface area contributed by atoms with Gasteiger partial charge in [0.05, 0.1) is 6.20 Å². The minimum Gasteiger partial charge on any atom is -0.364 e. The normalized spacial score (nSPS) is 26.7. The van der Waals surface area contributed by atoms with Crippen molar-refractivity contribution >= 4 is 16.9 Å². The molecule has 7 heteroatoms. The third-order valence-electron chi connectivity index (χ3n) is 6.62. The fraction of sp³-hybridized carbons (Fsp3) is 0.429. The quantitative estimate of drug-likeness (QED) is 0.644. The van der Waals surface area contributed by atoms with Gasteiger partial charge in [-0.1, -0.05) is 6.92 Å². The van der Waals surface area contributed by atoms with Crippen molar-refractivity contribution in [2.75, 3.05) is 5.32 Å². The Morgan fingerprint density at radius 2 is 1.79 bits per heavy atom. The van der Waals surface area contributed by atoms with E-state index in [1.807, 2.05) is 0 Å². The van der Waals surface area contributed by atoms with Crippen molar-refractivity contribution in [2.45, 2.75) is 38.6 Å². The minimum atomic E-state index is -0.786. The molecule has 2 atom stereocenters. The number of aromatic amines is 1. The van der Waals surface area contributed by atoms with Gasteiger partial charge in [-0.3, -0.25) is 0 Å². The van der Waals surface area contributed by atoms with Gasteiger partial charge < -0.3 is 10.3 Å². The lowest BCUT2D eigenvalue weighted by Crippen LogP contribution is -2.47. The molecule has 3 aliphatic carbocycles. The summed E-state index contributed by atoms with van der Waals surface area (Å²) < 4.78 is 42.7. The number of halogens is 3. The first-order valence-electron chi connectivity index (χ1n) is 9.77.